The standard InChI is InChI=1S/C13H12BrClN2O/c1-8-5-9(14)7-17-13(8)18-12-4-2-3-11(15)10(12)6-16/h2-5,7H,6,16H2,1H3. The normalized spacial score (nSPS) is 10.4. The zero-order chi connectivity index (χ0) is 13.1. The average molecular weight is 328 g/mol. The smallest absolute Gasteiger partial charge is 0.222 e. The van der Waals surface area contributed by atoms with E-state index in [0.717, 1.165) is 15.6 Å². The van der Waals surface area contributed by atoms with Crippen molar-refractivity contribution >= 4 is 27.5 Å². The maximum atomic E-state index is 6.07. The van der Waals surface area contributed by atoms with Crippen molar-refractivity contribution in [3.05, 3.63) is 51.1 Å². The Morgan fingerprint density at radius 1 is 1.44 bits per heavy atom. The molecule has 2 N–H and O–H groups in total. The van der Waals surface area contributed by atoms with Crippen molar-refractivity contribution < 1.29 is 4.74 Å². The minimum atomic E-state index is 0.324. The third kappa shape index (κ3) is 2.83. The van der Waals surface area contributed by atoms with E-state index in [1.807, 2.05) is 25.1 Å². The van der Waals surface area contributed by atoms with E-state index in [9.17, 15) is 0 Å². The summed E-state index contributed by atoms with van der Waals surface area (Å²) >= 11 is 9.44. The van der Waals surface area contributed by atoms with E-state index >= 15 is 0 Å². The second-order valence-electron chi connectivity index (χ2n) is 3.80. The number of ether oxygens (including phenoxy) is 1. The second kappa shape index (κ2) is 5.69. The van der Waals surface area contributed by atoms with Crippen LogP contribution in [0.1, 0.15) is 11.1 Å². The Labute approximate surface area is 119 Å². The number of halogens is 2. The summed E-state index contributed by atoms with van der Waals surface area (Å²) in [6.45, 7) is 2.25. The summed E-state index contributed by atoms with van der Waals surface area (Å²) in [5.74, 6) is 1.19. The summed E-state index contributed by atoms with van der Waals surface area (Å²) in [6, 6.07) is 7.38. The molecular formula is C13H12BrClN2O. The molecule has 0 spiro atoms. The van der Waals surface area contributed by atoms with Crippen LogP contribution in [0.25, 0.3) is 0 Å². The van der Waals surface area contributed by atoms with Gasteiger partial charge in [0.15, 0.2) is 0 Å². The molecule has 0 amide bonds. The van der Waals surface area contributed by atoms with Gasteiger partial charge in [-0.25, -0.2) is 4.98 Å². The first-order chi connectivity index (χ1) is 8.61. The van der Waals surface area contributed by atoms with E-state index in [1.54, 1.807) is 12.3 Å². The fraction of sp³-hybridized carbons (Fsp3) is 0.154. The number of pyridine rings is 1. The zero-order valence-corrected chi connectivity index (χ0v) is 12.1. The maximum absolute atomic E-state index is 6.07. The van der Waals surface area contributed by atoms with Crippen LogP contribution in [0.5, 0.6) is 11.6 Å². The first-order valence-corrected chi connectivity index (χ1v) is 6.56. The van der Waals surface area contributed by atoms with Crippen LogP contribution in [0.2, 0.25) is 5.02 Å². The van der Waals surface area contributed by atoms with Crippen LogP contribution in [0.4, 0.5) is 0 Å². The van der Waals surface area contributed by atoms with Gasteiger partial charge in [-0.15, -0.1) is 0 Å². The van der Waals surface area contributed by atoms with Gasteiger partial charge in [0.25, 0.3) is 0 Å². The molecule has 1 aromatic carbocycles. The summed E-state index contributed by atoms with van der Waals surface area (Å²) in [5.41, 5.74) is 7.39. The molecule has 2 aromatic rings. The van der Waals surface area contributed by atoms with E-state index in [1.165, 1.54) is 0 Å². The van der Waals surface area contributed by atoms with Gasteiger partial charge in [-0.1, -0.05) is 17.7 Å². The van der Waals surface area contributed by atoms with Gasteiger partial charge in [-0.2, -0.15) is 0 Å². The molecule has 0 saturated carbocycles. The third-order valence-corrected chi connectivity index (χ3v) is 3.27. The van der Waals surface area contributed by atoms with Crippen molar-refractivity contribution in [3.8, 4) is 11.6 Å². The molecule has 3 nitrogen and oxygen atoms in total. The molecule has 0 saturated heterocycles. The Balaban J connectivity index is 2.37. The predicted octanol–water partition coefficient (Wildman–Crippen LogP) is 4.06. The summed E-state index contributed by atoms with van der Waals surface area (Å²) in [6.07, 6.45) is 1.69. The van der Waals surface area contributed by atoms with E-state index in [2.05, 4.69) is 20.9 Å². The SMILES string of the molecule is Cc1cc(Br)cnc1Oc1cccc(Cl)c1CN. The highest BCUT2D eigenvalue weighted by Gasteiger charge is 2.10. The van der Waals surface area contributed by atoms with Gasteiger partial charge in [0.1, 0.15) is 5.75 Å². The van der Waals surface area contributed by atoms with Gasteiger partial charge in [-0.3, -0.25) is 0 Å². The van der Waals surface area contributed by atoms with Crippen LogP contribution < -0.4 is 10.5 Å². The summed E-state index contributed by atoms with van der Waals surface area (Å²) in [4.78, 5) is 4.23. The van der Waals surface area contributed by atoms with Gasteiger partial charge in [0, 0.05) is 33.4 Å². The second-order valence-corrected chi connectivity index (χ2v) is 5.12. The monoisotopic (exact) mass is 326 g/mol. The van der Waals surface area contributed by atoms with Crippen molar-refractivity contribution in [2.75, 3.05) is 0 Å². The van der Waals surface area contributed by atoms with Crippen molar-refractivity contribution in [2.45, 2.75) is 13.5 Å². The molecule has 18 heavy (non-hydrogen) atoms. The van der Waals surface area contributed by atoms with E-state index in [4.69, 9.17) is 22.1 Å². The number of nitrogens with two attached hydrogens (primary N) is 1. The van der Waals surface area contributed by atoms with Crippen LogP contribution in [-0.2, 0) is 6.54 Å². The number of aryl methyl sites for hydroxylation is 1. The van der Waals surface area contributed by atoms with Gasteiger partial charge in [-0.05, 0) is 41.1 Å². The predicted molar refractivity (Wildman–Crippen MR) is 76.1 cm³/mol. The summed E-state index contributed by atoms with van der Waals surface area (Å²) < 4.78 is 6.68. The number of rotatable bonds is 3. The van der Waals surface area contributed by atoms with Crippen LogP contribution in [0.3, 0.4) is 0 Å². The molecule has 0 radical (unpaired) electrons. The Morgan fingerprint density at radius 3 is 2.89 bits per heavy atom. The van der Waals surface area contributed by atoms with Gasteiger partial charge < -0.3 is 10.5 Å². The van der Waals surface area contributed by atoms with Crippen LogP contribution in [-0.4, -0.2) is 4.98 Å². The topological polar surface area (TPSA) is 48.1 Å². The fourth-order valence-electron chi connectivity index (χ4n) is 1.57. The summed E-state index contributed by atoms with van der Waals surface area (Å²) in [7, 11) is 0. The number of aromatic nitrogens is 1. The minimum Gasteiger partial charge on any atom is -0.438 e. The number of benzene rings is 1. The molecule has 0 aliphatic rings. The van der Waals surface area contributed by atoms with E-state index in [-0.39, 0.29) is 0 Å². The van der Waals surface area contributed by atoms with Crippen LogP contribution >= 0.6 is 27.5 Å². The lowest BCUT2D eigenvalue weighted by Gasteiger charge is -2.12. The first-order valence-electron chi connectivity index (χ1n) is 5.39. The van der Waals surface area contributed by atoms with Crippen molar-refractivity contribution in [2.24, 2.45) is 5.73 Å². The minimum absolute atomic E-state index is 0.324. The Morgan fingerprint density at radius 2 is 2.22 bits per heavy atom. The summed E-state index contributed by atoms with van der Waals surface area (Å²) in [5, 5.41) is 0.602. The highest BCUT2D eigenvalue weighted by atomic mass is 79.9. The molecule has 0 unspecified atom stereocenters. The lowest BCUT2D eigenvalue weighted by Crippen LogP contribution is -2.01. The average Bonchev–Trinajstić information content (AvgIpc) is 2.33. The zero-order valence-electron chi connectivity index (χ0n) is 9.78. The highest BCUT2D eigenvalue weighted by molar-refractivity contribution is 9.10. The Hall–Kier alpha value is -1.10. The molecule has 0 aliphatic carbocycles. The third-order valence-electron chi connectivity index (χ3n) is 2.48. The quantitative estimate of drug-likeness (QED) is 0.925. The molecule has 0 fully saturated rings. The number of hydrogen-bond donors (Lipinski definition) is 1. The largest absolute Gasteiger partial charge is 0.438 e. The lowest BCUT2D eigenvalue weighted by atomic mass is 10.2. The van der Waals surface area contributed by atoms with Crippen LogP contribution in [0.15, 0.2) is 34.9 Å². The molecule has 2 rings (SSSR count). The van der Waals surface area contributed by atoms with Crippen molar-refractivity contribution in [3.63, 3.8) is 0 Å². The fourth-order valence-corrected chi connectivity index (χ4v) is 2.26. The molecule has 94 valence electrons. The first kappa shape index (κ1) is 13.3. The van der Waals surface area contributed by atoms with Gasteiger partial charge >= 0.3 is 0 Å². The van der Waals surface area contributed by atoms with Crippen molar-refractivity contribution in [1.82, 2.24) is 4.98 Å². The molecule has 1 aromatic heterocycles. The van der Waals surface area contributed by atoms with Gasteiger partial charge in [0.05, 0.1) is 0 Å². The lowest BCUT2D eigenvalue weighted by molar-refractivity contribution is 0.453. The highest BCUT2D eigenvalue weighted by Crippen LogP contribution is 2.31. The molecule has 0 aliphatic heterocycles. The Kier molecular flexibility index (Phi) is 4.22. The molecule has 1 heterocycles. The maximum Gasteiger partial charge on any atom is 0.222 e. The van der Waals surface area contributed by atoms with E-state index < -0.39 is 0 Å². The molecular weight excluding hydrogens is 316 g/mol. The van der Waals surface area contributed by atoms with Crippen LogP contribution in [0, 0.1) is 6.92 Å². The van der Waals surface area contributed by atoms with E-state index in [0.29, 0.717) is 23.2 Å². The molecule has 0 bridgehead atoms. The van der Waals surface area contributed by atoms with Crippen molar-refractivity contribution in [1.29, 1.82) is 0 Å². The molecule has 0 atom stereocenters. The Bertz CT molecular complexity index is 575. The number of hydrogen-bond acceptors (Lipinski definition) is 3. The number of nitrogens with zero attached hydrogens (tertiary/aromatic N) is 1. The molecule has 5 heteroatoms. The van der Waals surface area contributed by atoms with Gasteiger partial charge in [0.2, 0.25) is 5.88 Å².